The number of halogens is 3. The number of hydrogen-bond donors (Lipinski definition) is 0. The molecule has 10 heteroatoms. The van der Waals surface area contributed by atoms with Crippen molar-refractivity contribution in [3.8, 4) is 5.75 Å². The number of rotatable bonds is 8. The highest BCUT2D eigenvalue weighted by molar-refractivity contribution is 14.1. The summed E-state index contributed by atoms with van der Waals surface area (Å²) in [5.74, 6) is -0.447. The van der Waals surface area contributed by atoms with E-state index in [1.165, 1.54) is 29.0 Å². The molecule has 1 heterocycles. The Morgan fingerprint density at radius 1 is 1.03 bits per heavy atom. The van der Waals surface area contributed by atoms with Crippen molar-refractivity contribution >= 4 is 86.2 Å². The van der Waals surface area contributed by atoms with Crippen molar-refractivity contribution in [2.45, 2.75) is 20.0 Å². The Morgan fingerprint density at radius 2 is 1.63 bits per heavy atom. The largest absolute Gasteiger partial charge is 0.487 e. The highest BCUT2D eigenvalue weighted by atomic mass is 127. The predicted molar refractivity (Wildman–Crippen MR) is 165 cm³/mol. The molecule has 1 amide bonds. The summed E-state index contributed by atoms with van der Waals surface area (Å²) in [6, 6.07) is 17.5. The minimum Gasteiger partial charge on any atom is -0.487 e. The number of anilines is 1. The Bertz CT molecular complexity index is 1390. The average Bonchev–Trinajstić information content (AvgIpc) is 3.13. The molecule has 0 radical (unpaired) electrons. The molecular formula is C28H23FI2N2O4S. The van der Waals surface area contributed by atoms with Gasteiger partial charge in [-0.3, -0.25) is 14.5 Å². The molecule has 0 atom stereocenters. The Hall–Kier alpha value is -2.58. The first-order chi connectivity index (χ1) is 18.2. The minimum atomic E-state index is -0.511. The average molecular weight is 756 g/mol. The highest BCUT2D eigenvalue weighted by Gasteiger charge is 2.40. The van der Waals surface area contributed by atoms with E-state index in [4.69, 9.17) is 21.7 Å². The smallest absolute Gasteiger partial charge is 0.325 e. The van der Waals surface area contributed by atoms with Gasteiger partial charge in [-0.05, 0) is 123 Å². The zero-order valence-electron chi connectivity index (χ0n) is 20.5. The number of carbonyl (C=O) groups is 2. The van der Waals surface area contributed by atoms with Crippen molar-refractivity contribution in [1.29, 1.82) is 0 Å². The van der Waals surface area contributed by atoms with Crippen LogP contribution in [0.5, 0.6) is 5.75 Å². The van der Waals surface area contributed by atoms with Crippen molar-refractivity contribution < 1.29 is 23.5 Å². The lowest BCUT2D eigenvalue weighted by Gasteiger charge is -2.19. The predicted octanol–water partition coefficient (Wildman–Crippen LogP) is 6.32. The van der Waals surface area contributed by atoms with Crippen molar-refractivity contribution in [3.05, 3.63) is 96.0 Å². The third-order valence-corrected chi connectivity index (χ3v) is 7.88. The topological polar surface area (TPSA) is 59.1 Å². The molecule has 196 valence electrons. The molecule has 3 aromatic rings. The first kappa shape index (κ1) is 28.4. The third-order valence-electron chi connectivity index (χ3n) is 5.87. The van der Waals surface area contributed by atoms with Gasteiger partial charge in [-0.1, -0.05) is 31.2 Å². The van der Waals surface area contributed by atoms with Crippen LogP contribution in [0.2, 0.25) is 0 Å². The molecule has 1 fully saturated rings. The molecular weight excluding hydrogens is 733 g/mol. The Labute approximate surface area is 253 Å². The zero-order valence-corrected chi connectivity index (χ0v) is 25.7. The highest BCUT2D eigenvalue weighted by Crippen LogP contribution is 2.33. The van der Waals surface area contributed by atoms with Crippen LogP contribution in [0.1, 0.15) is 23.6 Å². The van der Waals surface area contributed by atoms with Gasteiger partial charge in [-0.15, -0.1) is 0 Å². The number of carbonyl (C=O) groups excluding carboxylic acids is 2. The van der Waals surface area contributed by atoms with Gasteiger partial charge in [0, 0.05) is 0 Å². The number of ether oxygens (including phenoxy) is 2. The van der Waals surface area contributed by atoms with Gasteiger partial charge in [-0.2, -0.15) is 0 Å². The molecule has 4 rings (SSSR count). The van der Waals surface area contributed by atoms with Gasteiger partial charge < -0.3 is 14.4 Å². The van der Waals surface area contributed by atoms with E-state index in [0.29, 0.717) is 11.4 Å². The standard InChI is InChI=1S/C28H23FI2N2O4S/c1-3-17-6-10-21(11-7-17)33-27(35)24(32(28(33)38)15-25(34)36-2)14-19-12-22(30)26(23(31)13-19)37-16-18-4-8-20(29)9-5-18/h4-14H,3,15-16H2,1-2H3/b24-14-. The number of hydrogen-bond acceptors (Lipinski definition) is 5. The maximum Gasteiger partial charge on any atom is 0.325 e. The second-order valence-corrected chi connectivity index (χ2v) is 11.1. The quantitative estimate of drug-likeness (QED) is 0.116. The maximum absolute atomic E-state index is 13.6. The van der Waals surface area contributed by atoms with E-state index >= 15 is 0 Å². The SMILES string of the molecule is CCc1ccc(N2C(=O)/C(=C/c3cc(I)c(OCc4ccc(F)cc4)c(I)c3)N(CC(=O)OC)C2=S)cc1. The lowest BCUT2D eigenvalue weighted by molar-refractivity contribution is -0.140. The normalized spacial score (nSPS) is 14.4. The van der Waals surface area contributed by atoms with Crippen LogP contribution in [0.3, 0.4) is 0 Å². The van der Waals surface area contributed by atoms with Crippen LogP contribution in [0.15, 0.2) is 66.4 Å². The van der Waals surface area contributed by atoms with E-state index < -0.39 is 5.97 Å². The van der Waals surface area contributed by atoms with Gasteiger partial charge in [0.1, 0.15) is 30.4 Å². The maximum atomic E-state index is 13.6. The van der Waals surface area contributed by atoms with Crippen LogP contribution < -0.4 is 9.64 Å². The second-order valence-electron chi connectivity index (χ2n) is 8.36. The summed E-state index contributed by atoms with van der Waals surface area (Å²) in [6.45, 7) is 2.16. The minimum absolute atomic E-state index is 0.191. The molecule has 6 nitrogen and oxygen atoms in total. The molecule has 0 N–H and O–H groups in total. The molecule has 0 aliphatic carbocycles. The fraction of sp³-hybridized carbons (Fsp3) is 0.179. The van der Waals surface area contributed by atoms with Gasteiger partial charge in [0.2, 0.25) is 0 Å². The van der Waals surface area contributed by atoms with Crippen molar-refractivity contribution in [1.82, 2.24) is 4.90 Å². The molecule has 1 saturated heterocycles. The first-order valence-corrected chi connectivity index (χ1v) is 14.2. The zero-order chi connectivity index (χ0) is 27.4. The summed E-state index contributed by atoms with van der Waals surface area (Å²) in [6.07, 6.45) is 2.59. The van der Waals surface area contributed by atoms with Gasteiger partial charge in [0.15, 0.2) is 5.11 Å². The number of benzene rings is 3. The van der Waals surface area contributed by atoms with Crippen LogP contribution in [0.4, 0.5) is 10.1 Å². The lowest BCUT2D eigenvalue weighted by atomic mass is 10.1. The molecule has 0 aromatic heterocycles. The number of methoxy groups -OCH3 is 1. The summed E-state index contributed by atoms with van der Waals surface area (Å²) in [7, 11) is 1.29. The molecule has 0 saturated carbocycles. The summed E-state index contributed by atoms with van der Waals surface area (Å²) in [5.41, 5.74) is 3.63. The number of thiocarbonyl (C=S) groups is 1. The van der Waals surface area contributed by atoms with E-state index in [2.05, 4.69) is 52.1 Å². The lowest BCUT2D eigenvalue weighted by Crippen LogP contribution is -2.35. The van der Waals surface area contributed by atoms with E-state index in [9.17, 15) is 14.0 Å². The summed E-state index contributed by atoms with van der Waals surface area (Å²) >= 11 is 10.00. The van der Waals surface area contributed by atoms with E-state index in [1.807, 2.05) is 36.4 Å². The van der Waals surface area contributed by atoms with Crippen molar-refractivity contribution in [3.63, 3.8) is 0 Å². The van der Waals surface area contributed by atoms with Crippen LogP contribution in [0.25, 0.3) is 6.08 Å². The van der Waals surface area contributed by atoms with Gasteiger partial charge >= 0.3 is 5.97 Å². The van der Waals surface area contributed by atoms with Crippen molar-refractivity contribution in [2.75, 3.05) is 18.6 Å². The van der Waals surface area contributed by atoms with Gasteiger partial charge in [0.25, 0.3) is 5.91 Å². The Balaban J connectivity index is 1.65. The fourth-order valence-electron chi connectivity index (χ4n) is 3.83. The number of amides is 1. The summed E-state index contributed by atoms with van der Waals surface area (Å²) < 4.78 is 25.7. The third kappa shape index (κ3) is 6.34. The molecule has 38 heavy (non-hydrogen) atoms. The van der Waals surface area contributed by atoms with Crippen LogP contribution in [-0.2, 0) is 27.4 Å². The van der Waals surface area contributed by atoms with E-state index in [1.54, 1.807) is 18.2 Å². The fourth-order valence-corrected chi connectivity index (χ4v) is 6.31. The Morgan fingerprint density at radius 3 is 2.21 bits per heavy atom. The van der Waals surface area contributed by atoms with Crippen LogP contribution in [-0.4, -0.2) is 35.5 Å². The molecule has 3 aromatic carbocycles. The Kier molecular flexibility index (Phi) is 9.36. The monoisotopic (exact) mass is 756 g/mol. The van der Waals surface area contributed by atoms with E-state index in [0.717, 1.165) is 30.3 Å². The number of esters is 1. The summed E-state index contributed by atoms with van der Waals surface area (Å²) in [5, 5.41) is 0.208. The van der Waals surface area contributed by atoms with Gasteiger partial charge in [-0.25, -0.2) is 4.39 Å². The van der Waals surface area contributed by atoms with E-state index in [-0.39, 0.29) is 35.7 Å². The molecule has 0 bridgehead atoms. The molecule has 1 aliphatic heterocycles. The number of nitrogens with zero attached hydrogens (tertiary/aromatic N) is 2. The molecule has 0 unspecified atom stereocenters. The van der Waals surface area contributed by atoms with Crippen LogP contribution >= 0.6 is 57.4 Å². The summed E-state index contributed by atoms with van der Waals surface area (Å²) in [4.78, 5) is 28.7. The first-order valence-electron chi connectivity index (χ1n) is 11.6. The molecule has 0 spiro atoms. The number of aryl methyl sites for hydroxylation is 1. The van der Waals surface area contributed by atoms with Crippen LogP contribution in [0, 0.1) is 13.0 Å². The van der Waals surface area contributed by atoms with Crippen molar-refractivity contribution in [2.24, 2.45) is 0 Å². The second kappa shape index (κ2) is 12.5. The molecule has 1 aliphatic rings. The van der Waals surface area contributed by atoms with Gasteiger partial charge in [0.05, 0.1) is 19.9 Å².